The maximum atomic E-state index is 12.7. The van der Waals surface area contributed by atoms with Crippen LogP contribution in [0.3, 0.4) is 0 Å². The van der Waals surface area contributed by atoms with E-state index in [1.54, 1.807) is 6.26 Å². The van der Waals surface area contributed by atoms with Crippen LogP contribution in [0.25, 0.3) is 0 Å². The molecule has 5 heteroatoms. The zero-order chi connectivity index (χ0) is 18.9. The van der Waals surface area contributed by atoms with Crippen molar-refractivity contribution in [3.05, 3.63) is 59.5 Å². The van der Waals surface area contributed by atoms with E-state index in [-0.39, 0.29) is 11.5 Å². The third-order valence-corrected chi connectivity index (χ3v) is 5.83. The van der Waals surface area contributed by atoms with Crippen LogP contribution in [0, 0.1) is 12.8 Å². The van der Waals surface area contributed by atoms with Crippen molar-refractivity contribution in [1.29, 1.82) is 0 Å². The predicted molar refractivity (Wildman–Crippen MR) is 104 cm³/mol. The lowest BCUT2D eigenvalue weighted by atomic mass is 9.82. The van der Waals surface area contributed by atoms with Crippen LogP contribution in [-0.4, -0.2) is 54.6 Å². The number of nitrogens with zero attached hydrogens (tertiary/aromatic N) is 2. The zero-order valence-electron chi connectivity index (χ0n) is 16.2. The standard InChI is InChI=1S/C22H28N2O3/c1-17-6-3-4-8-20(17)21(25)24-15-22(16-24)10-9-18(14-27-22)12-23(2)13-19-7-5-11-26-19/h3-8,11,18H,9-10,12-16H2,1-2H3/t18-/m0/s1. The van der Waals surface area contributed by atoms with Crippen molar-refractivity contribution in [2.75, 3.05) is 33.3 Å². The summed E-state index contributed by atoms with van der Waals surface area (Å²) in [5.41, 5.74) is 1.72. The third-order valence-electron chi connectivity index (χ3n) is 5.83. The number of amides is 1. The fraction of sp³-hybridized carbons (Fsp3) is 0.500. The lowest BCUT2D eigenvalue weighted by Crippen LogP contribution is -2.66. The van der Waals surface area contributed by atoms with Gasteiger partial charge in [0.05, 0.1) is 32.5 Å². The van der Waals surface area contributed by atoms with Crippen LogP contribution in [0.5, 0.6) is 0 Å². The number of hydrogen-bond acceptors (Lipinski definition) is 4. The van der Waals surface area contributed by atoms with Gasteiger partial charge in [0.2, 0.25) is 0 Å². The molecule has 1 amide bonds. The molecule has 27 heavy (non-hydrogen) atoms. The van der Waals surface area contributed by atoms with Gasteiger partial charge in [-0.15, -0.1) is 0 Å². The normalized spacial score (nSPS) is 21.4. The molecule has 144 valence electrons. The van der Waals surface area contributed by atoms with Gasteiger partial charge in [0.25, 0.3) is 5.91 Å². The van der Waals surface area contributed by atoms with Crippen LogP contribution in [0.2, 0.25) is 0 Å². The molecule has 0 aliphatic carbocycles. The van der Waals surface area contributed by atoms with Gasteiger partial charge in [-0.05, 0) is 56.5 Å². The van der Waals surface area contributed by atoms with E-state index in [0.717, 1.165) is 62.5 Å². The van der Waals surface area contributed by atoms with Crippen LogP contribution in [0.4, 0.5) is 0 Å². The highest BCUT2D eigenvalue weighted by atomic mass is 16.5. The van der Waals surface area contributed by atoms with Gasteiger partial charge in [0.15, 0.2) is 0 Å². The minimum absolute atomic E-state index is 0.117. The average molecular weight is 368 g/mol. The third kappa shape index (κ3) is 3.94. The summed E-state index contributed by atoms with van der Waals surface area (Å²) in [5, 5.41) is 0. The van der Waals surface area contributed by atoms with E-state index in [1.807, 2.05) is 48.2 Å². The van der Waals surface area contributed by atoms with Gasteiger partial charge >= 0.3 is 0 Å². The first kappa shape index (κ1) is 18.3. The SMILES string of the molecule is Cc1ccccc1C(=O)N1CC2(CC[C@@H](CN(C)Cc3ccco3)CO2)C1. The number of furan rings is 1. The zero-order valence-corrected chi connectivity index (χ0v) is 16.2. The first-order valence-electron chi connectivity index (χ1n) is 9.74. The van der Waals surface area contributed by atoms with Crippen LogP contribution in [0.1, 0.15) is 34.5 Å². The summed E-state index contributed by atoms with van der Waals surface area (Å²) in [7, 11) is 2.12. The molecule has 1 aromatic carbocycles. The molecule has 4 rings (SSSR count). The smallest absolute Gasteiger partial charge is 0.254 e. The number of carbonyl (C=O) groups is 1. The van der Waals surface area contributed by atoms with Gasteiger partial charge in [0.1, 0.15) is 11.4 Å². The molecule has 0 saturated carbocycles. The number of carbonyl (C=O) groups excluding carboxylic acids is 1. The summed E-state index contributed by atoms with van der Waals surface area (Å²) >= 11 is 0. The van der Waals surface area contributed by atoms with Gasteiger partial charge in [0, 0.05) is 12.1 Å². The van der Waals surface area contributed by atoms with Crippen LogP contribution in [-0.2, 0) is 11.3 Å². The average Bonchev–Trinajstić information content (AvgIpc) is 3.13. The number of hydrogen-bond donors (Lipinski definition) is 0. The molecule has 5 nitrogen and oxygen atoms in total. The summed E-state index contributed by atoms with van der Waals surface area (Å²) in [5.74, 6) is 1.66. The van der Waals surface area contributed by atoms with E-state index >= 15 is 0 Å². The number of likely N-dealkylation sites (tertiary alicyclic amines) is 1. The van der Waals surface area contributed by atoms with Gasteiger partial charge in [-0.3, -0.25) is 9.69 Å². The minimum Gasteiger partial charge on any atom is -0.468 e. The Morgan fingerprint density at radius 3 is 2.74 bits per heavy atom. The van der Waals surface area contributed by atoms with Crippen molar-refractivity contribution in [2.45, 2.75) is 31.9 Å². The fourth-order valence-corrected chi connectivity index (χ4v) is 4.26. The number of ether oxygens (including phenoxy) is 1. The number of benzene rings is 1. The molecule has 0 N–H and O–H groups in total. The van der Waals surface area contributed by atoms with Gasteiger partial charge in [-0.1, -0.05) is 18.2 Å². The van der Waals surface area contributed by atoms with Crippen molar-refractivity contribution in [3.63, 3.8) is 0 Å². The second-order valence-corrected chi connectivity index (χ2v) is 8.15. The molecule has 2 fully saturated rings. The molecule has 2 aliphatic rings. The molecule has 2 aliphatic heterocycles. The molecule has 1 atom stereocenters. The van der Waals surface area contributed by atoms with Gasteiger partial charge in [-0.2, -0.15) is 0 Å². The van der Waals surface area contributed by atoms with E-state index in [9.17, 15) is 4.79 Å². The Kier molecular flexibility index (Phi) is 5.06. The van der Waals surface area contributed by atoms with Gasteiger partial charge in [-0.25, -0.2) is 0 Å². The van der Waals surface area contributed by atoms with E-state index < -0.39 is 0 Å². The molecule has 1 aromatic heterocycles. The molecule has 0 unspecified atom stereocenters. The highest BCUT2D eigenvalue weighted by Crippen LogP contribution is 2.37. The van der Waals surface area contributed by atoms with E-state index in [2.05, 4.69) is 11.9 Å². The Bertz CT molecular complexity index is 771. The molecule has 1 spiro atoms. The number of aryl methyl sites for hydroxylation is 1. The monoisotopic (exact) mass is 368 g/mol. The van der Waals surface area contributed by atoms with Crippen LogP contribution >= 0.6 is 0 Å². The molecule has 0 bridgehead atoms. The van der Waals surface area contributed by atoms with E-state index in [4.69, 9.17) is 9.15 Å². The van der Waals surface area contributed by atoms with Gasteiger partial charge < -0.3 is 14.1 Å². The second-order valence-electron chi connectivity index (χ2n) is 8.15. The van der Waals surface area contributed by atoms with E-state index in [1.165, 1.54) is 0 Å². The van der Waals surface area contributed by atoms with E-state index in [0.29, 0.717) is 5.92 Å². The topological polar surface area (TPSA) is 45.9 Å². The second kappa shape index (κ2) is 7.49. The van der Waals surface area contributed by atoms with Crippen molar-refractivity contribution in [3.8, 4) is 0 Å². The molecule has 0 radical (unpaired) electrons. The summed E-state index contributed by atoms with van der Waals surface area (Å²) in [6, 6.07) is 11.7. The quantitative estimate of drug-likeness (QED) is 0.812. The largest absolute Gasteiger partial charge is 0.468 e. The highest BCUT2D eigenvalue weighted by Gasteiger charge is 2.48. The van der Waals surface area contributed by atoms with Crippen molar-refractivity contribution in [2.24, 2.45) is 5.92 Å². The maximum Gasteiger partial charge on any atom is 0.254 e. The Labute approximate surface area is 160 Å². The van der Waals surface area contributed by atoms with Crippen molar-refractivity contribution < 1.29 is 13.9 Å². The minimum atomic E-state index is -0.117. The highest BCUT2D eigenvalue weighted by molar-refractivity contribution is 5.96. The number of rotatable bonds is 5. The molecular weight excluding hydrogens is 340 g/mol. The Morgan fingerprint density at radius 2 is 2.07 bits per heavy atom. The Hall–Kier alpha value is -2.11. The molecule has 3 heterocycles. The summed E-state index contributed by atoms with van der Waals surface area (Å²) in [6.45, 7) is 6.03. The van der Waals surface area contributed by atoms with Crippen molar-refractivity contribution in [1.82, 2.24) is 9.80 Å². The molecular formula is C22H28N2O3. The lowest BCUT2D eigenvalue weighted by molar-refractivity contribution is -0.168. The Balaban J connectivity index is 1.24. The first-order valence-corrected chi connectivity index (χ1v) is 9.74. The van der Waals surface area contributed by atoms with Crippen molar-refractivity contribution >= 4 is 5.91 Å². The first-order chi connectivity index (χ1) is 13.0. The van der Waals surface area contributed by atoms with Crippen LogP contribution in [0.15, 0.2) is 47.1 Å². The summed E-state index contributed by atoms with van der Waals surface area (Å²) in [6.07, 6.45) is 3.90. The molecule has 2 aromatic rings. The summed E-state index contributed by atoms with van der Waals surface area (Å²) in [4.78, 5) is 16.9. The fourth-order valence-electron chi connectivity index (χ4n) is 4.26. The molecule has 2 saturated heterocycles. The predicted octanol–water partition coefficient (Wildman–Crippen LogP) is 3.34. The Morgan fingerprint density at radius 1 is 1.26 bits per heavy atom. The van der Waals surface area contributed by atoms with Crippen LogP contribution < -0.4 is 0 Å². The summed E-state index contributed by atoms with van der Waals surface area (Å²) < 4.78 is 11.7. The lowest BCUT2D eigenvalue weighted by Gasteiger charge is -2.53. The maximum absolute atomic E-state index is 12.7.